The van der Waals surface area contributed by atoms with Crippen LogP contribution in [0, 0.1) is 0 Å². The highest BCUT2D eigenvalue weighted by Crippen LogP contribution is 2.10. The lowest BCUT2D eigenvalue weighted by Crippen LogP contribution is -1.98. The van der Waals surface area contributed by atoms with E-state index in [0.29, 0.717) is 12.5 Å². The van der Waals surface area contributed by atoms with Crippen LogP contribution < -0.4 is 10.1 Å². The highest BCUT2D eigenvalue weighted by Gasteiger charge is 1.96. The van der Waals surface area contributed by atoms with Gasteiger partial charge in [0.05, 0.1) is 0 Å². The number of rotatable bonds is 5. The van der Waals surface area contributed by atoms with E-state index in [4.69, 9.17) is 4.74 Å². The van der Waals surface area contributed by atoms with Crippen LogP contribution in [0.4, 0.5) is 5.82 Å². The molecule has 0 aliphatic heterocycles. The van der Waals surface area contributed by atoms with Gasteiger partial charge in [-0.2, -0.15) is 0 Å². The van der Waals surface area contributed by atoms with Crippen molar-refractivity contribution in [3.8, 4) is 5.88 Å². The van der Waals surface area contributed by atoms with E-state index >= 15 is 0 Å². The number of hydrogen-bond donors (Lipinski definition) is 1. The summed E-state index contributed by atoms with van der Waals surface area (Å²) >= 11 is 0. The van der Waals surface area contributed by atoms with Crippen molar-refractivity contribution in [2.45, 2.75) is 0 Å². The van der Waals surface area contributed by atoms with E-state index in [0.717, 1.165) is 11.4 Å². The second-order valence-corrected chi connectivity index (χ2v) is 3.62. The summed E-state index contributed by atoms with van der Waals surface area (Å²) in [6, 6.07) is 11.8. The van der Waals surface area contributed by atoms with Crippen LogP contribution in [0.25, 0.3) is 6.08 Å². The second-order valence-electron chi connectivity index (χ2n) is 3.62. The molecule has 0 aliphatic rings. The third-order valence-electron chi connectivity index (χ3n) is 2.34. The lowest BCUT2D eigenvalue weighted by molar-refractivity contribution is 0.348. The molecule has 2 aromatic rings. The van der Waals surface area contributed by atoms with Crippen molar-refractivity contribution in [1.82, 2.24) is 9.97 Å². The molecular weight excluding hydrogens is 226 g/mol. The number of nitrogens with zero attached hydrogens (tertiary/aromatic N) is 2. The lowest BCUT2D eigenvalue weighted by atomic mass is 10.2. The van der Waals surface area contributed by atoms with Crippen molar-refractivity contribution in [2.75, 3.05) is 19.0 Å². The van der Waals surface area contributed by atoms with Crippen LogP contribution in [0.15, 0.2) is 48.8 Å². The van der Waals surface area contributed by atoms with Gasteiger partial charge < -0.3 is 10.1 Å². The largest absolute Gasteiger partial charge is 0.473 e. The van der Waals surface area contributed by atoms with Crippen LogP contribution in [-0.4, -0.2) is 23.6 Å². The molecule has 0 unspecified atom stereocenters. The van der Waals surface area contributed by atoms with E-state index in [1.54, 1.807) is 13.1 Å². The highest BCUT2D eigenvalue weighted by atomic mass is 16.5. The van der Waals surface area contributed by atoms with E-state index in [2.05, 4.69) is 15.3 Å². The first kappa shape index (κ1) is 12.1. The summed E-state index contributed by atoms with van der Waals surface area (Å²) in [7, 11) is 1.81. The van der Waals surface area contributed by atoms with Gasteiger partial charge in [-0.25, -0.2) is 9.97 Å². The Hall–Kier alpha value is -2.36. The third kappa shape index (κ3) is 3.59. The van der Waals surface area contributed by atoms with Gasteiger partial charge in [0.15, 0.2) is 0 Å². The molecule has 92 valence electrons. The van der Waals surface area contributed by atoms with Crippen LogP contribution in [0.1, 0.15) is 5.56 Å². The standard InChI is InChI=1S/C14H15N3O/c1-15-13-10-14(17-11-16-13)18-9-5-8-12-6-3-2-4-7-12/h2-8,10-11H,9H2,1H3,(H,15,16,17)/b8-5+. The van der Waals surface area contributed by atoms with Gasteiger partial charge >= 0.3 is 0 Å². The fourth-order valence-electron chi connectivity index (χ4n) is 1.44. The SMILES string of the molecule is CNc1cc(OC/C=C/c2ccccc2)ncn1. The molecule has 1 N–H and O–H groups in total. The highest BCUT2D eigenvalue weighted by molar-refractivity contribution is 5.48. The van der Waals surface area contributed by atoms with Gasteiger partial charge in [0, 0.05) is 13.1 Å². The normalized spacial score (nSPS) is 10.5. The van der Waals surface area contributed by atoms with Crippen molar-refractivity contribution < 1.29 is 4.74 Å². The number of hydrogen-bond acceptors (Lipinski definition) is 4. The summed E-state index contributed by atoms with van der Waals surface area (Å²) in [5, 5.41) is 2.93. The molecule has 0 atom stereocenters. The van der Waals surface area contributed by atoms with Gasteiger partial charge in [-0.1, -0.05) is 36.4 Å². The van der Waals surface area contributed by atoms with Crippen molar-refractivity contribution in [2.24, 2.45) is 0 Å². The molecule has 4 heteroatoms. The predicted octanol–water partition coefficient (Wildman–Crippen LogP) is 2.61. The monoisotopic (exact) mass is 241 g/mol. The summed E-state index contributed by atoms with van der Waals surface area (Å²) in [5.74, 6) is 1.30. The van der Waals surface area contributed by atoms with E-state index in [-0.39, 0.29) is 0 Å². The van der Waals surface area contributed by atoms with Crippen molar-refractivity contribution in [3.63, 3.8) is 0 Å². The molecule has 2 rings (SSSR count). The minimum atomic E-state index is 0.481. The summed E-state index contributed by atoms with van der Waals surface area (Å²) < 4.78 is 5.49. The van der Waals surface area contributed by atoms with Crippen molar-refractivity contribution in [1.29, 1.82) is 0 Å². The van der Waals surface area contributed by atoms with Crippen molar-refractivity contribution in [3.05, 3.63) is 54.4 Å². The van der Waals surface area contributed by atoms with E-state index in [1.807, 2.05) is 42.5 Å². The average molecular weight is 241 g/mol. The van der Waals surface area contributed by atoms with Gasteiger partial charge in [0.1, 0.15) is 18.8 Å². The minimum absolute atomic E-state index is 0.481. The van der Waals surface area contributed by atoms with E-state index in [1.165, 1.54) is 6.33 Å². The summed E-state index contributed by atoms with van der Waals surface area (Å²) in [4.78, 5) is 8.04. The van der Waals surface area contributed by atoms with Gasteiger partial charge in [0.25, 0.3) is 0 Å². The Labute approximate surface area is 106 Å². The molecule has 0 fully saturated rings. The molecule has 0 saturated carbocycles. The zero-order chi connectivity index (χ0) is 12.6. The second kappa shape index (κ2) is 6.39. The Kier molecular flexibility index (Phi) is 4.30. The molecule has 0 saturated heterocycles. The number of benzene rings is 1. The Morgan fingerprint density at radius 2 is 2.06 bits per heavy atom. The number of nitrogens with one attached hydrogen (secondary N) is 1. The lowest BCUT2D eigenvalue weighted by Gasteiger charge is -2.03. The molecule has 4 nitrogen and oxygen atoms in total. The summed E-state index contributed by atoms with van der Waals surface area (Å²) in [6.07, 6.45) is 5.44. The van der Waals surface area contributed by atoms with E-state index < -0.39 is 0 Å². The van der Waals surface area contributed by atoms with Crippen LogP contribution in [0.3, 0.4) is 0 Å². The number of anilines is 1. The van der Waals surface area contributed by atoms with Crippen molar-refractivity contribution >= 4 is 11.9 Å². The first-order valence-corrected chi connectivity index (χ1v) is 5.72. The first-order valence-electron chi connectivity index (χ1n) is 5.72. The molecular formula is C14H15N3O. The molecule has 0 amide bonds. The Balaban J connectivity index is 1.86. The van der Waals surface area contributed by atoms with Crippen LogP contribution in [0.2, 0.25) is 0 Å². The molecule has 0 bridgehead atoms. The fraction of sp³-hybridized carbons (Fsp3) is 0.143. The quantitative estimate of drug-likeness (QED) is 0.874. The maximum atomic E-state index is 5.49. The topological polar surface area (TPSA) is 47.0 Å². The fourth-order valence-corrected chi connectivity index (χ4v) is 1.44. The van der Waals surface area contributed by atoms with E-state index in [9.17, 15) is 0 Å². The van der Waals surface area contributed by atoms with Gasteiger partial charge in [0.2, 0.25) is 5.88 Å². The first-order chi connectivity index (χ1) is 8.88. The Morgan fingerprint density at radius 1 is 1.22 bits per heavy atom. The van der Waals surface area contributed by atoms with Gasteiger partial charge in [-0.15, -0.1) is 0 Å². The maximum absolute atomic E-state index is 5.49. The number of ether oxygens (including phenoxy) is 1. The molecule has 18 heavy (non-hydrogen) atoms. The molecule has 1 aromatic carbocycles. The smallest absolute Gasteiger partial charge is 0.218 e. The summed E-state index contributed by atoms with van der Waals surface area (Å²) in [6.45, 7) is 0.481. The average Bonchev–Trinajstić information content (AvgIpc) is 2.45. The number of aromatic nitrogens is 2. The van der Waals surface area contributed by atoms with Gasteiger partial charge in [-0.3, -0.25) is 0 Å². The minimum Gasteiger partial charge on any atom is -0.473 e. The Morgan fingerprint density at radius 3 is 2.83 bits per heavy atom. The molecule has 1 heterocycles. The van der Waals surface area contributed by atoms with Crippen LogP contribution >= 0.6 is 0 Å². The van der Waals surface area contributed by atoms with Gasteiger partial charge in [-0.05, 0) is 11.6 Å². The Bertz CT molecular complexity index is 511. The molecule has 0 aliphatic carbocycles. The zero-order valence-corrected chi connectivity index (χ0v) is 10.2. The molecule has 0 radical (unpaired) electrons. The predicted molar refractivity (Wildman–Crippen MR) is 72.5 cm³/mol. The zero-order valence-electron chi connectivity index (χ0n) is 10.2. The maximum Gasteiger partial charge on any atom is 0.218 e. The third-order valence-corrected chi connectivity index (χ3v) is 2.34. The van der Waals surface area contributed by atoms with Crippen LogP contribution in [-0.2, 0) is 0 Å². The summed E-state index contributed by atoms with van der Waals surface area (Å²) in [5.41, 5.74) is 1.15. The molecule has 0 spiro atoms. The van der Waals surface area contributed by atoms with Crippen LogP contribution in [0.5, 0.6) is 5.88 Å². The molecule has 1 aromatic heterocycles.